The SMILES string of the molecule is Cc1cccc(NC2CCN(C(=O)C(N)=O)CC2)c1C. The van der Waals surface area contributed by atoms with E-state index in [0.29, 0.717) is 19.1 Å². The summed E-state index contributed by atoms with van der Waals surface area (Å²) in [6.45, 7) is 5.34. The van der Waals surface area contributed by atoms with Crippen molar-refractivity contribution in [1.82, 2.24) is 4.90 Å². The van der Waals surface area contributed by atoms with Crippen LogP contribution >= 0.6 is 0 Å². The topological polar surface area (TPSA) is 75.4 Å². The number of nitrogens with zero attached hydrogens (tertiary/aromatic N) is 1. The molecule has 2 amide bonds. The molecule has 0 bridgehead atoms. The van der Waals surface area contributed by atoms with Crippen molar-refractivity contribution in [2.75, 3.05) is 18.4 Å². The van der Waals surface area contributed by atoms with Gasteiger partial charge in [0.2, 0.25) is 0 Å². The van der Waals surface area contributed by atoms with E-state index < -0.39 is 11.8 Å². The second-order valence-corrected chi connectivity index (χ2v) is 5.32. The van der Waals surface area contributed by atoms with Crippen molar-refractivity contribution in [3.63, 3.8) is 0 Å². The van der Waals surface area contributed by atoms with Gasteiger partial charge in [0.15, 0.2) is 0 Å². The van der Waals surface area contributed by atoms with Gasteiger partial charge in [0.05, 0.1) is 0 Å². The van der Waals surface area contributed by atoms with E-state index in [2.05, 4.69) is 31.3 Å². The fourth-order valence-corrected chi connectivity index (χ4v) is 2.51. The van der Waals surface area contributed by atoms with Gasteiger partial charge in [-0.05, 0) is 43.9 Å². The van der Waals surface area contributed by atoms with Crippen LogP contribution in [-0.4, -0.2) is 35.8 Å². The molecule has 0 unspecified atom stereocenters. The Morgan fingerprint density at radius 3 is 2.50 bits per heavy atom. The van der Waals surface area contributed by atoms with Crippen molar-refractivity contribution in [3.05, 3.63) is 29.3 Å². The largest absolute Gasteiger partial charge is 0.382 e. The number of anilines is 1. The molecule has 108 valence electrons. The summed E-state index contributed by atoms with van der Waals surface area (Å²) in [5, 5.41) is 3.52. The van der Waals surface area contributed by atoms with Crippen LogP contribution in [0.5, 0.6) is 0 Å². The lowest BCUT2D eigenvalue weighted by Crippen LogP contribution is -2.47. The fourth-order valence-electron chi connectivity index (χ4n) is 2.51. The van der Waals surface area contributed by atoms with Crippen molar-refractivity contribution < 1.29 is 9.59 Å². The highest BCUT2D eigenvalue weighted by molar-refractivity contribution is 6.34. The molecule has 20 heavy (non-hydrogen) atoms. The number of benzene rings is 1. The molecule has 2 rings (SSSR count). The van der Waals surface area contributed by atoms with E-state index in [4.69, 9.17) is 5.73 Å². The molecule has 3 N–H and O–H groups in total. The first-order valence-corrected chi connectivity index (χ1v) is 6.90. The van der Waals surface area contributed by atoms with Gasteiger partial charge in [-0.2, -0.15) is 0 Å². The van der Waals surface area contributed by atoms with Crippen molar-refractivity contribution in [3.8, 4) is 0 Å². The summed E-state index contributed by atoms with van der Waals surface area (Å²) in [7, 11) is 0. The molecule has 0 aromatic heterocycles. The van der Waals surface area contributed by atoms with Gasteiger partial charge in [-0.15, -0.1) is 0 Å². The van der Waals surface area contributed by atoms with E-state index in [1.807, 2.05) is 6.07 Å². The number of amides is 2. The maximum Gasteiger partial charge on any atom is 0.311 e. The molecular formula is C15H21N3O2. The van der Waals surface area contributed by atoms with Gasteiger partial charge in [-0.3, -0.25) is 9.59 Å². The average Bonchev–Trinajstić information content (AvgIpc) is 2.44. The Morgan fingerprint density at radius 1 is 1.25 bits per heavy atom. The van der Waals surface area contributed by atoms with E-state index in [1.54, 1.807) is 0 Å². The molecule has 1 saturated heterocycles. The van der Waals surface area contributed by atoms with Gasteiger partial charge in [0.1, 0.15) is 0 Å². The molecule has 0 saturated carbocycles. The van der Waals surface area contributed by atoms with Gasteiger partial charge >= 0.3 is 11.8 Å². The number of likely N-dealkylation sites (tertiary alicyclic amines) is 1. The number of hydrogen-bond donors (Lipinski definition) is 2. The Hall–Kier alpha value is -2.04. The Balaban J connectivity index is 1.93. The standard InChI is InChI=1S/C15H21N3O2/c1-10-4-3-5-13(11(10)2)17-12-6-8-18(9-7-12)15(20)14(16)19/h3-5,12,17H,6-9H2,1-2H3,(H2,16,19). The summed E-state index contributed by atoms with van der Waals surface area (Å²) < 4.78 is 0. The van der Waals surface area contributed by atoms with Crippen LogP contribution in [0.25, 0.3) is 0 Å². The molecule has 1 aliphatic heterocycles. The van der Waals surface area contributed by atoms with E-state index in [1.165, 1.54) is 16.0 Å². The molecule has 0 aliphatic carbocycles. The number of nitrogens with two attached hydrogens (primary N) is 1. The highest BCUT2D eigenvalue weighted by Gasteiger charge is 2.25. The van der Waals surface area contributed by atoms with Gasteiger partial charge < -0.3 is 16.0 Å². The van der Waals surface area contributed by atoms with Gasteiger partial charge in [-0.25, -0.2) is 0 Å². The third kappa shape index (κ3) is 3.10. The van der Waals surface area contributed by atoms with Crippen molar-refractivity contribution in [2.24, 2.45) is 5.73 Å². The molecule has 1 aromatic carbocycles. The van der Waals surface area contributed by atoms with Crippen LogP contribution in [0.15, 0.2) is 18.2 Å². The lowest BCUT2D eigenvalue weighted by molar-refractivity contribution is -0.144. The predicted octanol–water partition coefficient (Wildman–Crippen LogP) is 1.19. The molecule has 5 heteroatoms. The molecule has 5 nitrogen and oxygen atoms in total. The Labute approximate surface area is 119 Å². The highest BCUT2D eigenvalue weighted by Crippen LogP contribution is 2.22. The first-order valence-electron chi connectivity index (χ1n) is 6.90. The summed E-state index contributed by atoms with van der Waals surface area (Å²) in [4.78, 5) is 23.9. The van der Waals surface area contributed by atoms with Crippen LogP contribution < -0.4 is 11.1 Å². The van der Waals surface area contributed by atoms with Crippen LogP contribution in [0, 0.1) is 13.8 Å². The monoisotopic (exact) mass is 275 g/mol. The molecular weight excluding hydrogens is 254 g/mol. The zero-order chi connectivity index (χ0) is 14.7. The van der Waals surface area contributed by atoms with E-state index in [9.17, 15) is 9.59 Å². The smallest absolute Gasteiger partial charge is 0.311 e. The summed E-state index contributed by atoms with van der Waals surface area (Å²) >= 11 is 0. The number of nitrogens with one attached hydrogen (secondary N) is 1. The molecule has 0 atom stereocenters. The Bertz CT molecular complexity index is 520. The van der Waals surface area contributed by atoms with Crippen molar-refractivity contribution >= 4 is 17.5 Å². The van der Waals surface area contributed by atoms with Crippen LogP contribution in [0.1, 0.15) is 24.0 Å². The second-order valence-electron chi connectivity index (χ2n) is 5.32. The molecule has 1 fully saturated rings. The van der Waals surface area contributed by atoms with Gasteiger partial charge in [-0.1, -0.05) is 12.1 Å². The minimum atomic E-state index is -0.870. The summed E-state index contributed by atoms with van der Waals surface area (Å²) in [5.41, 5.74) is 8.67. The zero-order valence-corrected chi connectivity index (χ0v) is 12.0. The third-order valence-corrected chi connectivity index (χ3v) is 3.96. The molecule has 1 heterocycles. The van der Waals surface area contributed by atoms with Gasteiger partial charge in [0, 0.05) is 24.8 Å². The summed E-state index contributed by atoms with van der Waals surface area (Å²) in [5.74, 6) is -1.44. The first-order chi connectivity index (χ1) is 9.49. The Kier molecular flexibility index (Phi) is 4.27. The second kappa shape index (κ2) is 5.94. The number of carbonyl (C=O) groups is 2. The maximum atomic E-state index is 11.5. The summed E-state index contributed by atoms with van der Waals surface area (Å²) in [6, 6.07) is 6.53. The highest BCUT2D eigenvalue weighted by atomic mass is 16.2. The number of hydrogen-bond acceptors (Lipinski definition) is 3. The number of rotatable bonds is 2. The number of piperidine rings is 1. The zero-order valence-electron chi connectivity index (χ0n) is 12.0. The molecule has 0 radical (unpaired) electrons. The lowest BCUT2D eigenvalue weighted by atomic mass is 10.0. The average molecular weight is 275 g/mol. The van der Waals surface area contributed by atoms with Crippen LogP contribution in [0.3, 0.4) is 0 Å². The van der Waals surface area contributed by atoms with E-state index >= 15 is 0 Å². The van der Waals surface area contributed by atoms with Crippen LogP contribution in [-0.2, 0) is 9.59 Å². The predicted molar refractivity (Wildman–Crippen MR) is 78.3 cm³/mol. The lowest BCUT2D eigenvalue weighted by Gasteiger charge is -2.32. The minimum absolute atomic E-state index is 0.326. The number of carbonyl (C=O) groups excluding carboxylic acids is 2. The Morgan fingerprint density at radius 2 is 1.90 bits per heavy atom. The molecule has 1 aliphatic rings. The van der Waals surface area contributed by atoms with E-state index in [0.717, 1.165) is 18.5 Å². The van der Waals surface area contributed by atoms with Crippen molar-refractivity contribution in [2.45, 2.75) is 32.7 Å². The minimum Gasteiger partial charge on any atom is -0.382 e. The quantitative estimate of drug-likeness (QED) is 0.796. The number of aryl methyl sites for hydroxylation is 1. The van der Waals surface area contributed by atoms with Gasteiger partial charge in [0.25, 0.3) is 0 Å². The van der Waals surface area contributed by atoms with Crippen molar-refractivity contribution in [1.29, 1.82) is 0 Å². The molecule has 1 aromatic rings. The maximum absolute atomic E-state index is 11.5. The fraction of sp³-hybridized carbons (Fsp3) is 0.467. The first kappa shape index (κ1) is 14.4. The number of primary amides is 1. The van der Waals surface area contributed by atoms with Crippen LogP contribution in [0.2, 0.25) is 0 Å². The summed E-state index contributed by atoms with van der Waals surface area (Å²) in [6.07, 6.45) is 1.65. The molecule has 0 spiro atoms. The normalized spacial score (nSPS) is 16.0. The van der Waals surface area contributed by atoms with E-state index in [-0.39, 0.29) is 0 Å². The third-order valence-electron chi connectivity index (χ3n) is 3.96. The van der Waals surface area contributed by atoms with Crippen LogP contribution in [0.4, 0.5) is 5.69 Å².